The van der Waals surface area contributed by atoms with E-state index in [4.69, 9.17) is 14.2 Å². The second-order valence-electron chi connectivity index (χ2n) is 21.3. The second kappa shape index (κ2) is 66.8. The molecule has 0 N–H and O–H groups in total. The van der Waals surface area contributed by atoms with Crippen LogP contribution in [-0.2, 0) is 28.6 Å². The van der Waals surface area contributed by atoms with E-state index in [0.29, 0.717) is 19.3 Å². The van der Waals surface area contributed by atoms with E-state index < -0.39 is 6.10 Å². The first-order valence-electron chi connectivity index (χ1n) is 32.8. The van der Waals surface area contributed by atoms with E-state index >= 15 is 0 Å². The maximum Gasteiger partial charge on any atom is 0.306 e. The van der Waals surface area contributed by atoms with Crippen molar-refractivity contribution in [1.29, 1.82) is 0 Å². The molecular weight excluding hydrogens is 985 g/mol. The molecule has 0 heterocycles. The summed E-state index contributed by atoms with van der Waals surface area (Å²) in [4.78, 5) is 38.4. The number of esters is 3. The average Bonchev–Trinajstić information content (AvgIpc) is 3.46. The van der Waals surface area contributed by atoms with Crippen molar-refractivity contribution >= 4 is 17.9 Å². The van der Waals surface area contributed by atoms with E-state index in [0.717, 1.165) is 161 Å². The quantitative estimate of drug-likeness (QED) is 0.0261. The first-order valence-corrected chi connectivity index (χ1v) is 32.8. The summed E-state index contributed by atoms with van der Waals surface area (Å²) in [5.74, 6) is -0.932. The zero-order valence-electron chi connectivity index (χ0n) is 51.8. The average molecular weight is 1110 g/mol. The Kier molecular flexibility index (Phi) is 62.9. The van der Waals surface area contributed by atoms with Gasteiger partial charge in [-0.1, -0.05) is 269 Å². The van der Waals surface area contributed by atoms with Crippen molar-refractivity contribution in [3.63, 3.8) is 0 Å². The van der Waals surface area contributed by atoms with Gasteiger partial charge in [-0.05, 0) is 141 Å². The normalized spacial score (nSPS) is 13.1. The number of carbonyl (C=O) groups excluding carboxylic acids is 3. The van der Waals surface area contributed by atoms with Crippen molar-refractivity contribution in [2.24, 2.45) is 0 Å². The monoisotopic (exact) mass is 1100 g/mol. The molecule has 0 aromatic heterocycles. The topological polar surface area (TPSA) is 78.9 Å². The number of carbonyl (C=O) groups is 3. The molecule has 0 saturated heterocycles. The number of unbranched alkanes of at least 4 members (excludes halogenated alkanes) is 23. The Morgan fingerprint density at radius 2 is 0.487 bits per heavy atom. The Bertz CT molecular complexity index is 1750. The fourth-order valence-corrected chi connectivity index (χ4v) is 8.70. The Morgan fingerprint density at radius 3 is 0.762 bits per heavy atom. The van der Waals surface area contributed by atoms with E-state index in [2.05, 4.69) is 167 Å². The molecule has 0 amide bonds. The first kappa shape index (κ1) is 75.3. The molecule has 1 atom stereocenters. The molecule has 0 aromatic carbocycles. The molecule has 80 heavy (non-hydrogen) atoms. The Hall–Kier alpha value is -4.71. The standard InChI is InChI=1S/C74H120O6/c1-4-7-10-13-16-19-22-25-28-31-33-34-35-36-37-38-39-40-41-44-46-49-52-55-58-61-64-67-73(76)79-70-71(69-78-72(75)66-63-60-57-54-51-48-45-42-30-27-24-21-18-15-12-9-6-3)80-74(77)68-65-62-59-56-53-50-47-43-32-29-26-23-20-17-14-11-8-5-2/h7,9-10,12,16,18-21,23,25,27-30,32-34,36-37,39-40,44,46,71H,4-6,8,11,13-15,17,22,24,26,31,35,38,41-43,45,47-70H2,1-3H3/b10-7-,12-9-,19-16-,21-18-,23-20-,28-25-,30-27-,32-29-,34-33-,37-36-,40-39-,46-44-. The number of hydrogen-bond donors (Lipinski definition) is 0. The summed E-state index contributed by atoms with van der Waals surface area (Å²) in [5, 5.41) is 0. The summed E-state index contributed by atoms with van der Waals surface area (Å²) in [5.41, 5.74) is 0. The van der Waals surface area contributed by atoms with Crippen LogP contribution in [0.4, 0.5) is 0 Å². The van der Waals surface area contributed by atoms with Crippen molar-refractivity contribution in [3.8, 4) is 0 Å². The molecule has 0 fully saturated rings. The number of hydrogen-bond acceptors (Lipinski definition) is 6. The molecule has 0 bridgehead atoms. The highest BCUT2D eigenvalue weighted by atomic mass is 16.6. The van der Waals surface area contributed by atoms with Gasteiger partial charge in [0, 0.05) is 19.3 Å². The van der Waals surface area contributed by atoms with Crippen LogP contribution >= 0.6 is 0 Å². The summed E-state index contributed by atoms with van der Waals surface area (Å²) in [6.45, 7) is 6.38. The van der Waals surface area contributed by atoms with E-state index in [9.17, 15) is 14.4 Å². The van der Waals surface area contributed by atoms with Crippen LogP contribution in [-0.4, -0.2) is 37.2 Å². The molecular formula is C74H120O6. The third-order valence-corrected chi connectivity index (χ3v) is 13.6. The second-order valence-corrected chi connectivity index (χ2v) is 21.3. The lowest BCUT2D eigenvalue weighted by atomic mass is 10.1. The predicted molar refractivity (Wildman–Crippen MR) is 348 cm³/mol. The van der Waals surface area contributed by atoms with E-state index in [1.807, 2.05) is 0 Å². The molecule has 0 spiro atoms. The van der Waals surface area contributed by atoms with Crippen molar-refractivity contribution in [3.05, 3.63) is 146 Å². The SMILES string of the molecule is CC/C=C\C/C=C\C/C=C\C/C=C\C/C=C\C/C=C\C/C=C\CCCCCCCC(=O)OCC(COC(=O)CCCCCCCCC/C=C\C/C=C\C/C=C\CC)OC(=O)CCCCCCCCC/C=C\C/C=C\CCCCCC. The fourth-order valence-electron chi connectivity index (χ4n) is 8.70. The summed E-state index contributed by atoms with van der Waals surface area (Å²) >= 11 is 0. The van der Waals surface area contributed by atoms with Crippen LogP contribution in [0.5, 0.6) is 0 Å². The van der Waals surface area contributed by atoms with Gasteiger partial charge in [0.25, 0.3) is 0 Å². The van der Waals surface area contributed by atoms with Crippen molar-refractivity contribution < 1.29 is 28.6 Å². The molecule has 0 rings (SSSR count). The zero-order chi connectivity index (χ0) is 57.8. The third-order valence-electron chi connectivity index (χ3n) is 13.6. The number of rotatable bonds is 58. The molecule has 6 heteroatoms. The molecule has 0 aromatic rings. The zero-order valence-corrected chi connectivity index (χ0v) is 51.8. The van der Waals surface area contributed by atoms with Crippen LogP contribution in [0.15, 0.2) is 146 Å². The van der Waals surface area contributed by atoms with E-state index in [1.54, 1.807) is 0 Å². The number of ether oxygens (including phenoxy) is 3. The summed E-state index contributed by atoms with van der Waals surface area (Å²) in [6.07, 6.45) is 95.6. The molecule has 0 radical (unpaired) electrons. The van der Waals surface area contributed by atoms with Crippen LogP contribution in [0.1, 0.15) is 284 Å². The Labute approximate surface area is 493 Å². The lowest BCUT2D eigenvalue weighted by Gasteiger charge is -2.18. The molecule has 0 saturated carbocycles. The van der Waals surface area contributed by atoms with Gasteiger partial charge >= 0.3 is 17.9 Å². The van der Waals surface area contributed by atoms with Gasteiger partial charge in [0.15, 0.2) is 6.10 Å². The van der Waals surface area contributed by atoms with E-state index in [1.165, 1.54) is 83.5 Å². The van der Waals surface area contributed by atoms with Gasteiger partial charge in [-0.2, -0.15) is 0 Å². The van der Waals surface area contributed by atoms with Crippen molar-refractivity contribution in [2.45, 2.75) is 290 Å². The summed E-state index contributed by atoms with van der Waals surface area (Å²) < 4.78 is 16.9. The molecule has 0 aliphatic rings. The first-order chi connectivity index (χ1) is 39.5. The van der Waals surface area contributed by atoms with Crippen LogP contribution < -0.4 is 0 Å². The minimum atomic E-state index is -0.803. The van der Waals surface area contributed by atoms with Gasteiger partial charge in [0.1, 0.15) is 13.2 Å². The van der Waals surface area contributed by atoms with Crippen molar-refractivity contribution in [2.75, 3.05) is 13.2 Å². The van der Waals surface area contributed by atoms with Gasteiger partial charge in [0.05, 0.1) is 0 Å². The molecule has 0 aliphatic carbocycles. The van der Waals surface area contributed by atoms with Crippen LogP contribution in [0, 0.1) is 0 Å². The van der Waals surface area contributed by atoms with Crippen LogP contribution in [0.3, 0.4) is 0 Å². The molecule has 452 valence electrons. The third kappa shape index (κ3) is 64.1. The Morgan fingerprint density at radius 1 is 0.263 bits per heavy atom. The molecule has 6 nitrogen and oxygen atoms in total. The highest BCUT2D eigenvalue weighted by molar-refractivity contribution is 5.71. The smallest absolute Gasteiger partial charge is 0.306 e. The maximum absolute atomic E-state index is 12.9. The maximum atomic E-state index is 12.9. The number of allylic oxidation sites excluding steroid dienone is 24. The minimum Gasteiger partial charge on any atom is -0.462 e. The van der Waals surface area contributed by atoms with Gasteiger partial charge in [-0.15, -0.1) is 0 Å². The van der Waals surface area contributed by atoms with Gasteiger partial charge in [0.2, 0.25) is 0 Å². The highest BCUT2D eigenvalue weighted by Crippen LogP contribution is 2.15. The van der Waals surface area contributed by atoms with Crippen molar-refractivity contribution in [1.82, 2.24) is 0 Å². The summed E-state index contributed by atoms with van der Waals surface area (Å²) in [6, 6.07) is 0. The predicted octanol–water partition coefficient (Wildman–Crippen LogP) is 22.7. The van der Waals surface area contributed by atoms with Gasteiger partial charge < -0.3 is 14.2 Å². The summed E-state index contributed by atoms with van der Waals surface area (Å²) in [7, 11) is 0. The van der Waals surface area contributed by atoms with Gasteiger partial charge in [-0.3, -0.25) is 14.4 Å². The highest BCUT2D eigenvalue weighted by Gasteiger charge is 2.19. The van der Waals surface area contributed by atoms with Gasteiger partial charge in [-0.25, -0.2) is 0 Å². The lowest BCUT2D eigenvalue weighted by molar-refractivity contribution is -0.167. The van der Waals surface area contributed by atoms with Crippen LogP contribution in [0.2, 0.25) is 0 Å². The lowest BCUT2D eigenvalue weighted by Crippen LogP contribution is -2.30. The molecule has 1 unspecified atom stereocenters. The molecule has 0 aliphatic heterocycles. The van der Waals surface area contributed by atoms with E-state index in [-0.39, 0.29) is 31.1 Å². The minimum absolute atomic E-state index is 0.0975. The largest absolute Gasteiger partial charge is 0.462 e. The van der Waals surface area contributed by atoms with Crippen LogP contribution in [0.25, 0.3) is 0 Å². The Balaban J connectivity index is 4.45. The fraction of sp³-hybridized carbons (Fsp3) is 0.635.